The predicted molar refractivity (Wildman–Crippen MR) is 71.1 cm³/mol. The van der Waals surface area contributed by atoms with Gasteiger partial charge >= 0.3 is 5.69 Å². The molecule has 0 bridgehead atoms. The fourth-order valence-corrected chi connectivity index (χ4v) is 2.27. The van der Waals surface area contributed by atoms with Crippen LogP contribution in [0.2, 0.25) is 0 Å². The summed E-state index contributed by atoms with van der Waals surface area (Å²) in [6.07, 6.45) is 0. The van der Waals surface area contributed by atoms with E-state index in [1.165, 1.54) is 17.4 Å². The molecule has 0 aliphatic rings. The number of carbonyl (C=O) groups is 1. The molecule has 0 fully saturated rings. The fourth-order valence-electron chi connectivity index (χ4n) is 1.55. The van der Waals surface area contributed by atoms with E-state index in [0.29, 0.717) is 0 Å². The molecule has 0 aliphatic carbocycles. The number of amides is 1. The van der Waals surface area contributed by atoms with Crippen LogP contribution in [-0.4, -0.2) is 15.8 Å². The van der Waals surface area contributed by atoms with Gasteiger partial charge in [-0.2, -0.15) is 4.39 Å². The molecule has 0 aliphatic heterocycles. The molecule has 1 aromatic carbocycles. The summed E-state index contributed by atoms with van der Waals surface area (Å²) in [7, 11) is 0. The minimum atomic E-state index is -0.968. The Balaban J connectivity index is 2.12. The van der Waals surface area contributed by atoms with Crippen LogP contribution in [0.4, 0.5) is 10.1 Å². The molecule has 0 radical (unpaired) electrons. The smallest absolute Gasteiger partial charge is 0.305 e. The second-order valence-corrected chi connectivity index (χ2v) is 4.91. The van der Waals surface area contributed by atoms with Crippen molar-refractivity contribution in [2.45, 2.75) is 13.5 Å². The molecule has 2 aromatic rings. The second-order valence-electron chi connectivity index (χ2n) is 3.97. The molecule has 0 spiro atoms. The van der Waals surface area contributed by atoms with Crippen LogP contribution in [0.1, 0.15) is 20.9 Å². The summed E-state index contributed by atoms with van der Waals surface area (Å²) in [5, 5.41) is 13.2. The first-order chi connectivity index (χ1) is 9.49. The zero-order valence-corrected chi connectivity index (χ0v) is 11.2. The quantitative estimate of drug-likeness (QED) is 0.693. The molecule has 20 heavy (non-hydrogen) atoms. The molecule has 6 nitrogen and oxygen atoms in total. The lowest BCUT2D eigenvalue weighted by Crippen LogP contribution is -2.22. The van der Waals surface area contributed by atoms with Gasteiger partial charge in [0.1, 0.15) is 0 Å². The standard InChI is InChI=1S/C12H10FN3O3S/c1-7-11(20-6-15-7)5-14-12(17)8-2-3-9(13)10(4-8)16(18)19/h2-4,6H,5H2,1H3,(H,14,17). The van der Waals surface area contributed by atoms with Crippen molar-refractivity contribution in [2.75, 3.05) is 0 Å². The summed E-state index contributed by atoms with van der Waals surface area (Å²) in [5.41, 5.74) is 1.81. The Kier molecular flexibility index (Phi) is 4.04. The Morgan fingerprint density at radius 3 is 2.90 bits per heavy atom. The lowest BCUT2D eigenvalue weighted by atomic mass is 10.2. The maximum absolute atomic E-state index is 13.2. The zero-order valence-electron chi connectivity index (χ0n) is 10.4. The van der Waals surface area contributed by atoms with E-state index in [-0.39, 0.29) is 12.1 Å². The number of nitro benzene ring substituents is 1. The van der Waals surface area contributed by atoms with E-state index in [1.54, 1.807) is 5.51 Å². The lowest BCUT2D eigenvalue weighted by molar-refractivity contribution is -0.387. The van der Waals surface area contributed by atoms with Gasteiger partial charge in [-0.3, -0.25) is 14.9 Å². The number of aryl methyl sites for hydroxylation is 1. The molecule has 104 valence electrons. The SMILES string of the molecule is Cc1ncsc1CNC(=O)c1ccc(F)c([N+](=O)[O-])c1. The van der Waals surface area contributed by atoms with Gasteiger partial charge in [-0.25, -0.2) is 4.98 Å². The van der Waals surface area contributed by atoms with Crippen LogP contribution in [0.5, 0.6) is 0 Å². The van der Waals surface area contributed by atoms with Gasteiger partial charge < -0.3 is 5.32 Å². The highest BCUT2D eigenvalue weighted by atomic mass is 32.1. The van der Waals surface area contributed by atoms with Crippen molar-refractivity contribution in [3.05, 3.63) is 55.8 Å². The summed E-state index contributed by atoms with van der Waals surface area (Å²) < 4.78 is 13.2. The Hall–Kier alpha value is -2.35. The van der Waals surface area contributed by atoms with E-state index in [0.717, 1.165) is 22.7 Å². The summed E-state index contributed by atoms with van der Waals surface area (Å²) in [6, 6.07) is 3.03. The number of hydrogen-bond donors (Lipinski definition) is 1. The predicted octanol–water partition coefficient (Wildman–Crippen LogP) is 2.43. The third-order valence-corrected chi connectivity index (χ3v) is 3.59. The third kappa shape index (κ3) is 2.97. The van der Waals surface area contributed by atoms with E-state index in [1.807, 2.05) is 6.92 Å². The van der Waals surface area contributed by atoms with Gasteiger partial charge in [-0.1, -0.05) is 0 Å². The van der Waals surface area contributed by atoms with E-state index in [4.69, 9.17) is 0 Å². The van der Waals surface area contributed by atoms with Gasteiger partial charge in [0.25, 0.3) is 5.91 Å². The largest absolute Gasteiger partial charge is 0.347 e. The highest BCUT2D eigenvalue weighted by Crippen LogP contribution is 2.18. The average Bonchev–Trinajstić information content (AvgIpc) is 2.81. The molecule has 0 saturated heterocycles. The Labute approximate surface area is 117 Å². The lowest BCUT2D eigenvalue weighted by Gasteiger charge is -2.04. The van der Waals surface area contributed by atoms with Crippen molar-refractivity contribution >= 4 is 22.9 Å². The molecule has 2 rings (SSSR count). The minimum absolute atomic E-state index is 0.0419. The number of nitro groups is 1. The summed E-state index contributed by atoms with van der Waals surface area (Å²) in [4.78, 5) is 26.6. The number of hydrogen-bond acceptors (Lipinski definition) is 5. The molecular formula is C12H10FN3O3S. The molecule has 1 aromatic heterocycles. The van der Waals surface area contributed by atoms with Crippen LogP contribution in [0.3, 0.4) is 0 Å². The number of carbonyl (C=O) groups excluding carboxylic acids is 1. The molecule has 8 heteroatoms. The van der Waals surface area contributed by atoms with Crippen LogP contribution in [-0.2, 0) is 6.54 Å². The fraction of sp³-hybridized carbons (Fsp3) is 0.167. The Morgan fingerprint density at radius 2 is 2.30 bits per heavy atom. The van der Waals surface area contributed by atoms with Gasteiger partial charge in [0.15, 0.2) is 0 Å². The number of thiazole rings is 1. The Bertz CT molecular complexity index is 672. The molecule has 1 N–H and O–H groups in total. The van der Waals surface area contributed by atoms with Gasteiger partial charge in [0.2, 0.25) is 5.82 Å². The molecule has 1 heterocycles. The first kappa shape index (κ1) is 14.1. The van der Waals surface area contributed by atoms with Crippen LogP contribution in [0, 0.1) is 22.9 Å². The van der Waals surface area contributed by atoms with E-state index < -0.39 is 22.3 Å². The third-order valence-electron chi connectivity index (χ3n) is 2.66. The van der Waals surface area contributed by atoms with Crippen LogP contribution < -0.4 is 5.32 Å². The number of aromatic nitrogens is 1. The maximum atomic E-state index is 13.2. The van der Waals surface area contributed by atoms with Crippen molar-refractivity contribution < 1.29 is 14.1 Å². The molecule has 0 unspecified atom stereocenters. The van der Waals surface area contributed by atoms with Crippen molar-refractivity contribution in [1.29, 1.82) is 0 Å². The maximum Gasteiger partial charge on any atom is 0.305 e. The van der Waals surface area contributed by atoms with E-state index >= 15 is 0 Å². The molecular weight excluding hydrogens is 285 g/mol. The molecule has 0 saturated carbocycles. The van der Waals surface area contributed by atoms with Crippen LogP contribution in [0.15, 0.2) is 23.7 Å². The van der Waals surface area contributed by atoms with Gasteiger partial charge in [-0.15, -0.1) is 11.3 Å². The van der Waals surface area contributed by atoms with Gasteiger partial charge in [0, 0.05) is 16.5 Å². The number of benzene rings is 1. The number of halogens is 1. The van der Waals surface area contributed by atoms with Crippen molar-refractivity contribution in [3.63, 3.8) is 0 Å². The molecule has 0 atom stereocenters. The summed E-state index contributed by atoms with van der Waals surface area (Å²) in [6.45, 7) is 2.10. The average molecular weight is 295 g/mol. The van der Waals surface area contributed by atoms with Crippen molar-refractivity contribution in [3.8, 4) is 0 Å². The first-order valence-electron chi connectivity index (χ1n) is 5.60. The van der Waals surface area contributed by atoms with E-state index in [9.17, 15) is 19.3 Å². The first-order valence-corrected chi connectivity index (χ1v) is 6.48. The topological polar surface area (TPSA) is 85.1 Å². The summed E-state index contributed by atoms with van der Waals surface area (Å²) >= 11 is 1.40. The number of nitrogens with one attached hydrogen (secondary N) is 1. The zero-order chi connectivity index (χ0) is 14.7. The minimum Gasteiger partial charge on any atom is -0.347 e. The number of rotatable bonds is 4. The van der Waals surface area contributed by atoms with Gasteiger partial charge in [0.05, 0.1) is 22.7 Å². The van der Waals surface area contributed by atoms with Crippen molar-refractivity contribution in [1.82, 2.24) is 10.3 Å². The van der Waals surface area contributed by atoms with E-state index in [2.05, 4.69) is 10.3 Å². The van der Waals surface area contributed by atoms with Crippen LogP contribution in [0.25, 0.3) is 0 Å². The second kappa shape index (κ2) is 5.74. The Morgan fingerprint density at radius 1 is 1.55 bits per heavy atom. The highest BCUT2D eigenvalue weighted by Gasteiger charge is 2.17. The monoisotopic (exact) mass is 295 g/mol. The number of nitrogens with zero attached hydrogens (tertiary/aromatic N) is 2. The molecule has 1 amide bonds. The van der Waals surface area contributed by atoms with Gasteiger partial charge in [-0.05, 0) is 19.1 Å². The highest BCUT2D eigenvalue weighted by molar-refractivity contribution is 7.09. The normalized spacial score (nSPS) is 10.3. The van der Waals surface area contributed by atoms with Crippen LogP contribution >= 0.6 is 11.3 Å². The summed E-state index contributed by atoms with van der Waals surface area (Å²) in [5.74, 6) is -1.47. The van der Waals surface area contributed by atoms with Crippen molar-refractivity contribution in [2.24, 2.45) is 0 Å².